The quantitative estimate of drug-likeness (QED) is 0.463. The molecule has 4 unspecified atom stereocenters. The summed E-state index contributed by atoms with van der Waals surface area (Å²) < 4.78 is 17.3. The summed E-state index contributed by atoms with van der Waals surface area (Å²) in [6, 6.07) is 25.3. The molecule has 3 aromatic rings. The van der Waals surface area contributed by atoms with Gasteiger partial charge in [0.1, 0.15) is 13.2 Å². The van der Waals surface area contributed by atoms with Crippen LogP contribution in [0.3, 0.4) is 0 Å². The predicted octanol–water partition coefficient (Wildman–Crippen LogP) is 5.56. The van der Waals surface area contributed by atoms with Crippen LogP contribution in [0.25, 0.3) is 11.1 Å². The van der Waals surface area contributed by atoms with Gasteiger partial charge in [-0.3, -0.25) is 0 Å². The van der Waals surface area contributed by atoms with E-state index in [2.05, 4.69) is 29.6 Å². The number of amides is 1. The summed E-state index contributed by atoms with van der Waals surface area (Å²) in [6.45, 7) is 4.42. The van der Waals surface area contributed by atoms with E-state index in [-0.39, 0.29) is 49.3 Å². The summed E-state index contributed by atoms with van der Waals surface area (Å²) in [6.07, 6.45) is -0.304. The molecular weight excluding hydrogens is 454 g/mol. The van der Waals surface area contributed by atoms with Crippen LogP contribution in [0.15, 0.2) is 78.9 Å². The fourth-order valence-electron chi connectivity index (χ4n) is 5.22. The lowest BCUT2D eigenvalue weighted by molar-refractivity contribution is -0.103. The maximum absolute atomic E-state index is 12.8. The highest BCUT2D eigenvalue weighted by molar-refractivity contribution is 5.89. The van der Waals surface area contributed by atoms with E-state index >= 15 is 0 Å². The lowest BCUT2D eigenvalue weighted by Crippen LogP contribution is -2.51. The SMILES string of the molecule is CC1OC(COC(=O)c2ccccc2)CC(NC(=O)OCC2c3ccccc3-c3ccccc32)C1C. The van der Waals surface area contributed by atoms with Gasteiger partial charge in [0.25, 0.3) is 0 Å². The molecule has 5 rings (SSSR count). The number of carbonyl (C=O) groups is 2. The third kappa shape index (κ3) is 5.00. The Morgan fingerprint density at radius 1 is 0.833 bits per heavy atom. The smallest absolute Gasteiger partial charge is 0.407 e. The molecule has 4 atom stereocenters. The van der Waals surface area contributed by atoms with Crippen molar-refractivity contribution in [3.05, 3.63) is 95.6 Å². The second kappa shape index (κ2) is 10.5. The summed E-state index contributed by atoms with van der Waals surface area (Å²) in [5, 5.41) is 3.04. The second-order valence-corrected chi connectivity index (χ2v) is 9.60. The normalized spacial score (nSPS) is 22.8. The highest BCUT2D eigenvalue weighted by Crippen LogP contribution is 2.44. The average molecular weight is 486 g/mol. The molecule has 1 fully saturated rings. The van der Waals surface area contributed by atoms with Crippen molar-refractivity contribution in [2.75, 3.05) is 13.2 Å². The number of ether oxygens (including phenoxy) is 3. The number of hydrogen-bond acceptors (Lipinski definition) is 5. The van der Waals surface area contributed by atoms with Crippen molar-refractivity contribution in [1.82, 2.24) is 5.32 Å². The molecule has 0 radical (unpaired) electrons. The molecule has 1 aliphatic carbocycles. The van der Waals surface area contributed by atoms with Crippen molar-refractivity contribution < 1.29 is 23.8 Å². The zero-order valence-electron chi connectivity index (χ0n) is 20.6. The number of alkyl carbamates (subject to hydrolysis) is 1. The first-order chi connectivity index (χ1) is 17.5. The van der Waals surface area contributed by atoms with Crippen LogP contribution >= 0.6 is 0 Å². The number of hydrogen-bond donors (Lipinski definition) is 1. The Labute approximate surface area is 211 Å². The van der Waals surface area contributed by atoms with Gasteiger partial charge in [-0.1, -0.05) is 73.7 Å². The minimum absolute atomic E-state index is 0.0133. The fraction of sp³-hybridized carbons (Fsp3) is 0.333. The minimum Gasteiger partial charge on any atom is -0.459 e. The molecule has 1 heterocycles. The third-order valence-electron chi connectivity index (χ3n) is 7.36. The van der Waals surface area contributed by atoms with Crippen LogP contribution in [0.2, 0.25) is 0 Å². The van der Waals surface area contributed by atoms with E-state index in [0.29, 0.717) is 12.0 Å². The van der Waals surface area contributed by atoms with Gasteiger partial charge in [0, 0.05) is 17.9 Å². The molecule has 1 amide bonds. The van der Waals surface area contributed by atoms with Crippen molar-refractivity contribution in [2.45, 2.75) is 44.4 Å². The maximum atomic E-state index is 12.8. The maximum Gasteiger partial charge on any atom is 0.407 e. The van der Waals surface area contributed by atoms with Crippen LogP contribution in [0, 0.1) is 5.92 Å². The molecule has 3 aromatic carbocycles. The molecule has 186 valence electrons. The molecule has 2 aliphatic rings. The highest BCUT2D eigenvalue weighted by atomic mass is 16.6. The predicted molar refractivity (Wildman–Crippen MR) is 137 cm³/mol. The van der Waals surface area contributed by atoms with Gasteiger partial charge in [0.2, 0.25) is 0 Å². The molecule has 0 spiro atoms. The van der Waals surface area contributed by atoms with Crippen LogP contribution in [0.5, 0.6) is 0 Å². The van der Waals surface area contributed by atoms with Gasteiger partial charge >= 0.3 is 12.1 Å². The number of nitrogens with one attached hydrogen (secondary N) is 1. The van der Waals surface area contributed by atoms with Gasteiger partial charge in [0.15, 0.2) is 0 Å². The van der Waals surface area contributed by atoms with E-state index in [9.17, 15) is 9.59 Å². The molecule has 0 saturated carbocycles. The minimum atomic E-state index is -0.442. The summed E-state index contributed by atoms with van der Waals surface area (Å²) in [5.74, 6) is -0.280. The van der Waals surface area contributed by atoms with Crippen LogP contribution in [-0.2, 0) is 14.2 Å². The fourth-order valence-corrected chi connectivity index (χ4v) is 5.22. The highest BCUT2D eigenvalue weighted by Gasteiger charge is 2.36. The summed E-state index contributed by atoms with van der Waals surface area (Å²) in [7, 11) is 0. The molecule has 1 aliphatic heterocycles. The van der Waals surface area contributed by atoms with Crippen LogP contribution < -0.4 is 5.32 Å². The monoisotopic (exact) mass is 485 g/mol. The molecular formula is C30H31NO5. The van der Waals surface area contributed by atoms with Crippen LogP contribution in [0.1, 0.15) is 47.7 Å². The molecule has 1 saturated heterocycles. The molecule has 0 aromatic heterocycles. The van der Waals surface area contributed by atoms with E-state index < -0.39 is 6.09 Å². The van der Waals surface area contributed by atoms with Crippen molar-refractivity contribution >= 4 is 12.1 Å². The van der Waals surface area contributed by atoms with E-state index in [1.807, 2.05) is 44.2 Å². The number of benzene rings is 3. The molecule has 6 nitrogen and oxygen atoms in total. The third-order valence-corrected chi connectivity index (χ3v) is 7.36. The van der Waals surface area contributed by atoms with E-state index in [4.69, 9.17) is 14.2 Å². The van der Waals surface area contributed by atoms with Gasteiger partial charge < -0.3 is 19.5 Å². The number of carbonyl (C=O) groups excluding carboxylic acids is 2. The van der Waals surface area contributed by atoms with Gasteiger partial charge in [-0.15, -0.1) is 0 Å². The Bertz CT molecular complexity index is 1180. The second-order valence-electron chi connectivity index (χ2n) is 9.60. The lowest BCUT2D eigenvalue weighted by atomic mass is 9.89. The first-order valence-corrected chi connectivity index (χ1v) is 12.5. The molecule has 36 heavy (non-hydrogen) atoms. The van der Waals surface area contributed by atoms with Crippen molar-refractivity contribution in [2.24, 2.45) is 5.92 Å². The Kier molecular flexibility index (Phi) is 7.05. The first-order valence-electron chi connectivity index (χ1n) is 12.5. The molecule has 0 bridgehead atoms. The van der Waals surface area contributed by atoms with Gasteiger partial charge in [-0.05, 0) is 47.7 Å². The number of rotatable bonds is 6. The standard InChI is InChI=1S/C30H31NO5/c1-19-20(2)36-22(17-34-29(32)21-10-4-3-5-11-21)16-28(19)31-30(33)35-18-27-25-14-8-6-12-23(25)24-13-7-9-15-26(24)27/h3-15,19-20,22,27-28H,16-18H2,1-2H3,(H,31,33). The van der Waals surface area contributed by atoms with Gasteiger partial charge in [-0.2, -0.15) is 0 Å². The van der Waals surface area contributed by atoms with Crippen LogP contribution in [0.4, 0.5) is 4.79 Å². The Morgan fingerprint density at radius 2 is 1.44 bits per heavy atom. The zero-order valence-corrected chi connectivity index (χ0v) is 20.6. The first kappa shape index (κ1) is 24.1. The average Bonchev–Trinajstić information content (AvgIpc) is 3.23. The van der Waals surface area contributed by atoms with Crippen molar-refractivity contribution in [3.63, 3.8) is 0 Å². The van der Waals surface area contributed by atoms with Gasteiger partial charge in [0.05, 0.1) is 17.8 Å². The van der Waals surface area contributed by atoms with Crippen LogP contribution in [-0.4, -0.2) is 43.5 Å². The number of fused-ring (bicyclic) bond motifs is 3. The van der Waals surface area contributed by atoms with Crippen molar-refractivity contribution in [3.8, 4) is 11.1 Å². The molecule has 6 heteroatoms. The van der Waals surface area contributed by atoms with Crippen molar-refractivity contribution in [1.29, 1.82) is 0 Å². The summed E-state index contributed by atoms with van der Waals surface area (Å²) >= 11 is 0. The van der Waals surface area contributed by atoms with E-state index in [1.165, 1.54) is 22.3 Å². The summed E-state index contributed by atoms with van der Waals surface area (Å²) in [5.41, 5.74) is 5.26. The van der Waals surface area contributed by atoms with E-state index in [1.54, 1.807) is 24.3 Å². The zero-order chi connectivity index (χ0) is 25.1. The summed E-state index contributed by atoms with van der Waals surface area (Å²) in [4.78, 5) is 25.2. The largest absolute Gasteiger partial charge is 0.459 e. The van der Waals surface area contributed by atoms with E-state index in [0.717, 1.165) is 0 Å². The molecule has 1 N–H and O–H groups in total. The Hall–Kier alpha value is -3.64. The Morgan fingerprint density at radius 3 is 2.11 bits per heavy atom. The Balaban J connectivity index is 1.17. The lowest BCUT2D eigenvalue weighted by Gasteiger charge is -2.39. The topological polar surface area (TPSA) is 73.9 Å². The number of esters is 1. The van der Waals surface area contributed by atoms with Gasteiger partial charge in [-0.25, -0.2) is 9.59 Å².